The Morgan fingerprint density at radius 1 is 1.42 bits per heavy atom. The largest absolute Gasteiger partial charge is 0.314 e. The summed E-state index contributed by atoms with van der Waals surface area (Å²) in [6, 6.07) is 0.697. The van der Waals surface area contributed by atoms with E-state index >= 15 is 0 Å². The van der Waals surface area contributed by atoms with E-state index in [0.29, 0.717) is 6.04 Å². The Morgan fingerprint density at radius 2 is 2.26 bits per heavy atom. The Kier molecular flexibility index (Phi) is 7.91. The van der Waals surface area contributed by atoms with Gasteiger partial charge in [-0.15, -0.1) is 23.7 Å². The van der Waals surface area contributed by atoms with Gasteiger partial charge in [-0.2, -0.15) is 0 Å². The lowest BCUT2D eigenvalue weighted by Crippen LogP contribution is -2.50. The van der Waals surface area contributed by atoms with Crippen molar-refractivity contribution < 1.29 is 0 Å². The summed E-state index contributed by atoms with van der Waals surface area (Å²) >= 11 is 1.83. The van der Waals surface area contributed by atoms with Crippen molar-refractivity contribution in [3.8, 4) is 0 Å². The standard InChI is InChI=1S/C14H25N3S.ClH/c1-3-5-12-11-18-14(16-12)10-17-8-7-15-9-13(17)6-4-2;/h11,13,15H,3-10H2,1-2H3;1H. The van der Waals surface area contributed by atoms with Crippen LogP contribution in [0.1, 0.15) is 43.8 Å². The predicted molar refractivity (Wildman–Crippen MR) is 85.3 cm³/mol. The average Bonchev–Trinajstić information content (AvgIpc) is 2.80. The molecule has 1 N–H and O–H groups in total. The first-order chi connectivity index (χ1) is 8.83. The smallest absolute Gasteiger partial charge is 0.107 e. The van der Waals surface area contributed by atoms with Crippen LogP contribution in [0.5, 0.6) is 0 Å². The van der Waals surface area contributed by atoms with Crippen LogP contribution >= 0.6 is 23.7 Å². The molecule has 0 aromatic carbocycles. The Balaban J connectivity index is 0.00000180. The third-order valence-corrected chi connectivity index (χ3v) is 4.42. The van der Waals surface area contributed by atoms with Crippen LogP contribution in [0.15, 0.2) is 5.38 Å². The maximum absolute atomic E-state index is 4.75. The highest BCUT2D eigenvalue weighted by molar-refractivity contribution is 7.09. The van der Waals surface area contributed by atoms with Crippen LogP contribution in [0.4, 0.5) is 0 Å². The lowest BCUT2D eigenvalue weighted by Gasteiger charge is -2.35. The molecule has 2 rings (SSSR count). The fourth-order valence-electron chi connectivity index (χ4n) is 2.60. The lowest BCUT2D eigenvalue weighted by atomic mass is 10.1. The van der Waals surface area contributed by atoms with E-state index in [-0.39, 0.29) is 12.4 Å². The minimum Gasteiger partial charge on any atom is -0.314 e. The second-order valence-corrected chi connectivity index (χ2v) is 6.04. The van der Waals surface area contributed by atoms with E-state index in [1.807, 2.05) is 11.3 Å². The van der Waals surface area contributed by atoms with Crippen molar-refractivity contribution in [3.63, 3.8) is 0 Å². The van der Waals surface area contributed by atoms with Gasteiger partial charge >= 0.3 is 0 Å². The van der Waals surface area contributed by atoms with E-state index in [2.05, 4.69) is 29.4 Å². The molecule has 1 unspecified atom stereocenters. The Labute approximate surface area is 127 Å². The van der Waals surface area contributed by atoms with Gasteiger partial charge in [-0.3, -0.25) is 4.90 Å². The van der Waals surface area contributed by atoms with Crippen molar-refractivity contribution >= 4 is 23.7 Å². The van der Waals surface area contributed by atoms with Gasteiger partial charge in [-0.05, 0) is 12.8 Å². The summed E-state index contributed by atoms with van der Waals surface area (Å²) in [4.78, 5) is 7.35. The second kappa shape index (κ2) is 8.90. The second-order valence-electron chi connectivity index (χ2n) is 5.10. The summed E-state index contributed by atoms with van der Waals surface area (Å²) in [6.45, 7) is 8.95. The molecule has 0 bridgehead atoms. The fourth-order valence-corrected chi connectivity index (χ4v) is 3.45. The van der Waals surface area contributed by atoms with Crippen LogP contribution in [0.3, 0.4) is 0 Å². The number of piperazine rings is 1. The maximum Gasteiger partial charge on any atom is 0.107 e. The molecule has 110 valence electrons. The molecule has 2 heterocycles. The zero-order valence-corrected chi connectivity index (χ0v) is 13.7. The zero-order chi connectivity index (χ0) is 12.8. The van der Waals surface area contributed by atoms with Gasteiger partial charge in [0.25, 0.3) is 0 Å². The van der Waals surface area contributed by atoms with Gasteiger partial charge in [0, 0.05) is 31.1 Å². The number of thiazole rings is 1. The molecule has 1 aromatic heterocycles. The zero-order valence-electron chi connectivity index (χ0n) is 12.0. The number of nitrogens with zero attached hydrogens (tertiary/aromatic N) is 2. The molecular weight excluding hydrogens is 278 g/mol. The summed E-state index contributed by atoms with van der Waals surface area (Å²) in [5.74, 6) is 0. The van der Waals surface area contributed by atoms with Crippen molar-refractivity contribution in [3.05, 3.63) is 16.1 Å². The molecule has 0 spiro atoms. The Morgan fingerprint density at radius 3 is 3.00 bits per heavy atom. The first-order valence-electron chi connectivity index (χ1n) is 7.21. The molecule has 0 aliphatic carbocycles. The van der Waals surface area contributed by atoms with E-state index in [0.717, 1.165) is 32.6 Å². The molecule has 19 heavy (non-hydrogen) atoms. The number of halogens is 1. The van der Waals surface area contributed by atoms with E-state index in [1.54, 1.807) is 0 Å². The van der Waals surface area contributed by atoms with Crippen molar-refractivity contribution in [2.45, 2.75) is 52.1 Å². The summed E-state index contributed by atoms with van der Waals surface area (Å²) in [6.07, 6.45) is 4.87. The Hall–Kier alpha value is -0.160. The third kappa shape index (κ3) is 5.03. The highest BCUT2D eigenvalue weighted by atomic mass is 35.5. The van der Waals surface area contributed by atoms with E-state index in [9.17, 15) is 0 Å². The topological polar surface area (TPSA) is 28.2 Å². The van der Waals surface area contributed by atoms with Crippen LogP contribution in [0, 0.1) is 0 Å². The van der Waals surface area contributed by atoms with E-state index in [4.69, 9.17) is 4.98 Å². The van der Waals surface area contributed by atoms with Gasteiger partial charge in [0.15, 0.2) is 0 Å². The number of nitrogens with one attached hydrogen (secondary N) is 1. The molecule has 0 amide bonds. The molecule has 1 aliphatic heterocycles. The van der Waals surface area contributed by atoms with Crippen LogP contribution in [-0.4, -0.2) is 35.6 Å². The monoisotopic (exact) mass is 303 g/mol. The molecule has 0 saturated carbocycles. The number of aryl methyl sites for hydroxylation is 1. The van der Waals surface area contributed by atoms with Crippen molar-refractivity contribution in [2.24, 2.45) is 0 Å². The maximum atomic E-state index is 4.75. The van der Waals surface area contributed by atoms with Crippen molar-refractivity contribution in [1.82, 2.24) is 15.2 Å². The normalized spacial score (nSPS) is 20.2. The van der Waals surface area contributed by atoms with Crippen LogP contribution in [0.25, 0.3) is 0 Å². The van der Waals surface area contributed by atoms with Crippen LogP contribution in [0.2, 0.25) is 0 Å². The fraction of sp³-hybridized carbons (Fsp3) is 0.786. The summed E-state index contributed by atoms with van der Waals surface area (Å²) in [7, 11) is 0. The predicted octanol–water partition coefficient (Wildman–Crippen LogP) is 3.09. The van der Waals surface area contributed by atoms with Gasteiger partial charge in [-0.25, -0.2) is 4.98 Å². The number of hydrogen-bond acceptors (Lipinski definition) is 4. The first-order valence-corrected chi connectivity index (χ1v) is 8.09. The Bertz CT molecular complexity index is 354. The highest BCUT2D eigenvalue weighted by Gasteiger charge is 2.22. The average molecular weight is 304 g/mol. The van der Waals surface area contributed by atoms with Crippen molar-refractivity contribution in [1.29, 1.82) is 0 Å². The van der Waals surface area contributed by atoms with Gasteiger partial charge in [0.2, 0.25) is 0 Å². The molecule has 1 saturated heterocycles. The molecule has 1 atom stereocenters. The van der Waals surface area contributed by atoms with Crippen molar-refractivity contribution in [2.75, 3.05) is 19.6 Å². The number of rotatable bonds is 6. The van der Waals surface area contributed by atoms with Crippen LogP contribution < -0.4 is 5.32 Å². The minimum absolute atomic E-state index is 0. The minimum atomic E-state index is 0. The summed E-state index contributed by atoms with van der Waals surface area (Å²) < 4.78 is 0. The summed E-state index contributed by atoms with van der Waals surface area (Å²) in [5, 5.41) is 7.03. The van der Waals surface area contributed by atoms with E-state index in [1.165, 1.54) is 30.0 Å². The molecule has 1 fully saturated rings. The van der Waals surface area contributed by atoms with Gasteiger partial charge < -0.3 is 5.32 Å². The van der Waals surface area contributed by atoms with Crippen LogP contribution in [-0.2, 0) is 13.0 Å². The quantitative estimate of drug-likeness (QED) is 0.875. The highest BCUT2D eigenvalue weighted by Crippen LogP contribution is 2.17. The lowest BCUT2D eigenvalue weighted by molar-refractivity contribution is 0.144. The third-order valence-electron chi connectivity index (χ3n) is 3.54. The first kappa shape index (κ1) is 16.9. The molecule has 1 aliphatic rings. The SMILES string of the molecule is CCCc1csc(CN2CCNCC2CCC)n1.Cl. The molecule has 5 heteroatoms. The van der Waals surface area contributed by atoms with Gasteiger partial charge in [0.1, 0.15) is 5.01 Å². The van der Waals surface area contributed by atoms with Gasteiger partial charge in [0.05, 0.1) is 12.2 Å². The molecule has 3 nitrogen and oxygen atoms in total. The number of aromatic nitrogens is 1. The molecule has 0 radical (unpaired) electrons. The summed E-state index contributed by atoms with van der Waals surface area (Å²) in [5.41, 5.74) is 1.28. The van der Waals surface area contributed by atoms with Gasteiger partial charge in [-0.1, -0.05) is 26.7 Å². The van der Waals surface area contributed by atoms with E-state index < -0.39 is 0 Å². The molecule has 1 aromatic rings. The molecular formula is C14H26ClN3S. The number of hydrogen-bond donors (Lipinski definition) is 1.